The summed E-state index contributed by atoms with van der Waals surface area (Å²) in [6.45, 7) is 18.3. The van der Waals surface area contributed by atoms with Gasteiger partial charge in [0.2, 0.25) is 0 Å². The number of sulfonamides is 1. The lowest BCUT2D eigenvalue weighted by Crippen LogP contribution is -2.41. The summed E-state index contributed by atoms with van der Waals surface area (Å²) in [6, 6.07) is 82.3. The predicted octanol–water partition coefficient (Wildman–Crippen LogP) is 23.6. The van der Waals surface area contributed by atoms with Gasteiger partial charge in [0.25, 0.3) is 15.6 Å². The fourth-order valence-electron chi connectivity index (χ4n) is 15.8. The Hall–Kier alpha value is -17.3. The number of benzene rings is 13. The number of para-hydroxylation sites is 1. The van der Waals surface area contributed by atoms with Crippen LogP contribution in [0.5, 0.6) is 11.5 Å². The van der Waals surface area contributed by atoms with Crippen molar-refractivity contribution in [2.75, 3.05) is 66.8 Å². The number of aromatic nitrogens is 5. The highest BCUT2D eigenvalue weighted by Gasteiger charge is 2.38. The van der Waals surface area contributed by atoms with Crippen LogP contribution in [0.4, 0.5) is 55.3 Å². The number of urea groups is 1. The average Bonchev–Trinajstić information content (AvgIpc) is 0.780. The van der Waals surface area contributed by atoms with Gasteiger partial charge in [-0.1, -0.05) is 202 Å². The molecule has 1 fully saturated rings. The van der Waals surface area contributed by atoms with E-state index in [1.54, 1.807) is 128 Å². The average molecular weight is 2020 g/mol. The van der Waals surface area contributed by atoms with Crippen molar-refractivity contribution in [2.24, 2.45) is 0 Å². The Morgan fingerprint density at radius 1 is 0.548 bits per heavy atom. The number of aliphatic carboxylic acids is 1. The van der Waals surface area contributed by atoms with E-state index in [1.807, 2.05) is 123 Å². The van der Waals surface area contributed by atoms with Crippen LogP contribution in [-0.4, -0.2) is 140 Å². The van der Waals surface area contributed by atoms with Crippen LogP contribution >= 0.6 is 11.6 Å². The van der Waals surface area contributed by atoms with Crippen LogP contribution in [0.2, 0.25) is 5.02 Å². The number of carbonyl (C=O) groups excluding carboxylic acids is 1. The van der Waals surface area contributed by atoms with E-state index >= 15 is 0 Å². The van der Waals surface area contributed by atoms with Gasteiger partial charge < -0.3 is 50.1 Å². The lowest BCUT2D eigenvalue weighted by Gasteiger charge is -2.26. The molecule has 146 heavy (non-hydrogen) atoms. The summed E-state index contributed by atoms with van der Waals surface area (Å²) in [7, 11) is -2.69. The number of carboxylic acids is 4. The molecule has 19 rings (SSSR count). The van der Waals surface area contributed by atoms with E-state index in [1.165, 1.54) is 73.9 Å². The lowest BCUT2D eigenvalue weighted by atomic mass is 9.92. The molecular formula is C112H96ClF5N10O17S. The minimum absolute atomic E-state index is 0.0249. The van der Waals surface area contributed by atoms with Gasteiger partial charge in [-0.05, 0) is 188 Å². The van der Waals surface area contributed by atoms with Gasteiger partial charge in [0.05, 0.1) is 69.1 Å². The maximum atomic E-state index is 14.0. The number of rotatable bonds is 19. The zero-order valence-corrected chi connectivity index (χ0v) is 81.3. The first-order chi connectivity index (χ1) is 69.8. The molecule has 0 saturated carbocycles. The molecule has 2 aliphatic rings. The molecule has 2 amide bonds. The molecule has 0 spiro atoms. The van der Waals surface area contributed by atoms with Crippen molar-refractivity contribution < 1.29 is 93.8 Å². The number of carboxylic acid groups (broad SMARTS) is 4. The second-order valence-corrected chi connectivity index (χ2v) is 36.8. The summed E-state index contributed by atoms with van der Waals surface area (Å²) in [4.78, 5) is 93.9. The number of fused-ring (bicyclic) bond motifs is 5. The zero-order valence-electron chi connectivity index (χ0n) is 79.7. The van der Waals surface area contributed by atoms with Gasteiger partial charge in [0, 0.05) is 105 Å². The molecule has 34 heteroatoms. The smallest absolute Gasteiger partial charge is 0.428 e. The number of amides is 2. The SMILES string of the molecule is CC(C(=O)O)c1ccc(-c2ccccc2)c(F)c1.CN1c2c(oc(=O)n(-c3ccccn3)c2=O)-c2ccccc2S1(=O)=O.Cc1c(-c2ccc(-c3ccccc3F)cc2)nc2ccc(F)cc2c1C(=O)O.Cc1c(Cl)cccc1Nc1ccccc1C(=O)O.Cc1ccc(-n2nc(C(C)(C)C)cc2NC(=O)Nc2ccc(OCCN3CCOCC3)c3ccccc23)cc1.O=C(O)c1cc(-c2ccc(F)cc2F)ccc1O. The maximum absolute atomic E-state index is 14.0. The first-order valence-electron chi connectivity index (χ1n) is 45.5. The van der Waals surface area contributed by atoms with Crippen LogP contribution in [0.3, 0.4) is 0 Å². The van der Waals surface area contributed by atoms with Crippen LogP contribution < -0.4 is 36.3 Å². The molecule has 1 unspecified atom stereocenters. The van der Waals surface area contributed by atoms with Crippen LogP contribution in [0.1, 0.15) is 92.6 Å². The van der Waals surface area contributed by atoms with E-state index in [0.717, 1.165) is 106 Å². The fourth-order valence-corrected chi connectivity index (χ4v) is 17.4. The number of hydrogen-bond acceptors (Lipinski definition) is 18. The molecule has 744 valence electrons. The van der Waals surface area contributed by atoms with Crippen LogP contribution in [-0.2, 0) is 25.0 Å². The molecule has 1 atom stereocenters. The normalized spacial score (nSPS) is 12.5. The Balaban J connectivity index is 0.000000142. The molecule has 8 N–H and O–H groups in total. The highest BCUT2D eigenvalue weighted by atomic mass is 35.5. The molecule has 0 radical (unpaired) electrons. The standard InChI is InChI=1S/C31H37N5O3.C23H15F2NO2.C16H11N3O5S.C15H13FO2.C14H12ClNO2.C13H8F2O3/c1-22-9-11-23(12-10-22)36-29(21-28(34-36)31(2,3)4)33-30(37)32-26-13-14-27(25-8-6-5-7-24(25)26)39-20-17-35-15-18-38-19-16-35;1-13-21(23(27)28)18-12-16(24)10-11-20(18)26-22(13)15-8-6-14(7-9-15)17-4-2-3-5-19(17)25;1-18-13-14(10-6-2-3-7-11(10)25(18,22)23)24-16(21)19(15(13)20)12-8-4-5-9-17-12;1-10(15(17)18)12-7-8-13(14(16)9-12)11-5-3-2-4-6-11;1-9-11(15)6-4-8-12(9)16-13-7-3-2-5-10(13)14(17)18;14-8-2-3-9(11(15)6-8)7-1-4-12(16)10(5-7)13(17)18/h5-14,21H,15-20H2,1-4H3,(H2,32,33,37);2-12H,1H3,(H,27,28);2-9H,1H3;2-10H,1H3,(H,17,18);2-8,16H,1H3,(H,17,18);1-6,16H,(H,17,18). The summed E-state index contributed by atoms with van der Waals surface area (Å²) in [6.07, 6.45) is 1.41. The molecule has 1 saturated heterocycles. The molecule has 4 aromatic heterocycles. The number of pyridine rings is 2. The van der Waals surface area contributed by atoms with E-state index in [9.17, 15) is 74.1 Å². The summed E-state index contributed by atoms with van der Waals surface area (Å²) in [5, 5.41) is 62.6. The number of ether oxygens (including phenoxy) is 2. The fraction of sp³-hybridized carbons (Fsp3) is 0.143. The molecule has 13 aromatic carbocycles. The molecule has 6 heterocycles. The van der Waals surface area contributed by atoms with Gasteiger partial charge in [-0.2, -0.15) is 9.67 Å². The van der Waals surface area contributed by atoms with Gasteiger partial charge in [-0.25, -0.2) is 69.0 Å². The molecule has 0 bridgehead atoms. The topological polar surface area (TPSA) is 377 Å². The van der Waals surface area contributed by atoms with E-state index in [4.69, 9.17) is 45.9 Å². The number of morpholine rings is 1. The quantitative estimate of drug-likeness (QED) is 0.0349. The van der Waals surface area contributed by atoms with Crippen LogP contribution in [0, 0.1) is 49.9 Å². The summed E-state index contributed by atoms with van der Waals surface area (Å²) < 4.78 is 113. The van der Waals surface area contributed by atoms with E-state index in [-0.39, 0.29) is 78.2 Å². The second-order valence-electron chi connectivity index (χ2n) is 34.5. The number of nitrogens with one attached hydrogen (secondary N) is 3. The van der Waals surface area contributed by atoms with E-state index < -0.39 is 80.2 Å². The Kier molecular flexibility index (Phi) is 33.1. The molecule has 17 aromatic rings. The predicted molar refractivity (Wildman–Crippen MR) is 551 cm³/mol. The van der Waals surface area contributed by atoms with E-state index in [2.05, 4.69) is 51.6 Å². The lowest BCUT2D eigenvalue weighted by molar-refractivity contribution is -0.138. The van der Waals surface area contributed by atoms with Gasteiger partial charge in [0.1, 0.15) is 64.4 Å². The van der Waals surface area contributed by atoms with Crippen molar-refractivity contribution in [2.45, 2.75) is 64.7 Å². The summed E-state index contributed by atoms with van der Waals surface area (Å²) >= 11 is 6.03. The van der Waals surface area contributed by atoms with Crippen molar-refractivity contribution in [1.29, 1.82) is 0 Å². The number of aryl methyl sites for hydroxylation is 1. The minimum atomic E-state index is -3.93. The van der Waals surface area contributed by atoms with Gasteiger partial charge in [0.15, 0.2) is 11.4 Å². The molecule has 2 aliphatic heterocycles. The summed E-state index contributed by atoms with van der Waals surface area (Å²) in [5.41, 5.74) is 10.1. The third-order valence-electron chi connectivity index (χ3n) is 23.7. The third kappa shape index (κ3) is 24.5. The summed E-state index contributed by atoms with van der Waals surface area (Å²) in [5.74, 6) is -7.78. The van der Waals surface area contributed by atoms with Gasteiger partial charge in [-0.3, -0.25) is 24.1 Å². The van der Waals surface area contributed by atoms with Crippen molar-refractivity contribution in [1.82, 2.24) is 29.2 Å². The largest absolute Gasteiger partial charge is 0.507 e. The number of nitrogens with zero attached hydrogens (tertiary/aromatic N) is 7. The number of phenols is 1. The van der Waals surface area contributed by atoms with Gasteiger partial charge >= 0.3 is 35.7 Å². The van der Waals surface area contributed by atoms with E-state index in [0.29, 0.717) is 84.0 Å². The Bertz CT molecular complexity index is 8010. The number of anilines is 5. The van der Waals surface area contributed by atoms with Gasteiger partial charge in [-0.15, -0.1) is 0 Å². The molecule has 27 nitrogen and oxygen atoms in total. The Morgan fingerprint density at radius 3 is 1.82 bits per heavy atom. The highest BCUT2D eigenvalue weighted by molar-refractivity contribution is 7.93. The van der Waals surface area contributed by atoms with Crippen LogP contribution in [0.15, 0.2) is 328 Å². The first kappa shape index (κ1) is 105. The first-order valence-corrected chi connectivity index (χ1v) is 47.3. The number of aromatic carboxylic acids is 3. The Labute approximate surface area is 839 Å². The molecular weight excluding hydrogens is 1920 g/mol. The van der Waals surface area contributed by atoms with Crippen molar-refractivity contribution >= 4 is 102 Å². The number of halogens is 6. The molecule has 0 aliphatic carbocycles. The monoisotopic (exact) mass is 2010 g/mol. The van der Waals surface area contributed by atoms with Crippen molar-refractivity contribution in [3.8, 4) is 79.0 Å². The van der Waals surface area contributed by atoms with Crippen molar-refractivity contribution in [3.05, 3.63) is 409 Å². The Morgan fingerprint density at radius 2 is 1.15 bits per heavy atom. The second kappa shape index (κ2) is 46.2. The van der Waals surface area contributed by atoms with Crippen LogP contribution in [0.25, 0.3) is 89.1 Å². The highest BCUT2D eigenvalue weighted by Crippen LogP contribution is 2.42. The number of aromatic hydroxyl groups is 1. The maximum Gasteiger partial charge on any atom is 0.428 e. The minimum Gasteiger partial charge on any atom is -0.507 e. The zero-order chi connectivity index (χ0) is 105. The number of hydrogen-bond donors (Lipinski definition) is 8. The third-order valence-corrected chi connectivity index (χ3v) is 25.9. The number of carbonyl (C=O) groups is 5. The van der Waals surface area contributed by atoms with Crippen molar-refractivity contribution in [3.63, 3.8) is 0 Å².